The van der Waals surface area contributed by atoms with E-state index in [9.17, 15) is 9.59 Å². The van der Waals surface area contributed by atoms with Gasteiger partial charge in [-0.25, -0.2) is 0 Å². The van der Waals surface area contributed by atoms with E-state index in [0.717, 1.165) is 42.7 Å². The van der Waals surface area contributed by atoms with E-state index in [1.165, 1.54) is 11.0 Å². The standard InChI is InChI=1S/C18H21NO3/c1-12-4-3-5-13(2)17(12)15-10-16(20)19(18(15)21)11-14-6-8-22-9-7-14/h3-5,10,14H,6-9,11H2,1-2H3. The molecule has 1 fully saturated rings. The number of hydrogen-bond donors (Lipinski definition) is 0. The fourth-order valence-electron chi connectivity index (χ4n) is 3.29. The van der Waals surface area contributed by atoms with Gasteiger partial charge in [0.25, 0.3) is 11.8 Å². The highest BCUT2D eigenvalue weighted by Gasteiger charge is 2.34. The molecule has 116 valence electrons. The molecule has 1 aromatic rings. The van der Waals surface area contributed by atoms with E-state index < -0.39 is 0 Å². The van der Waals surface area contributed by atoms with Crippen molar-refractivity contribution in [2.45, 2.75) is 26.7 Å². The largest absolute Gasteiger partial charge is 0.381 e. The highest BCUT2D eigenvalue weighted by Crippen LogP contribution is 2.30. The highest BCUT2D eigenvalue weighted by molar-refractivity contribution is 6.33. The first-order valence-corrected chi connectivity index (χ1v) is 7.80. The Balaban J connectivity index is 1.82. The van der Waals surface area contributed by atoms with Crippen molar-refractivity contribution in [3.63, 3.8) is 0 Å². The van der Waals surface area contributed by atoms with Crippen molar-refractivity contribution in [1.82, 2.24) is 4.90 Å². The Kier molecular flexibility index (Phi) is 4.12. The van der Waals surface area contributed by atoms with Crippen LogP contribution in [0.4, 0.5) is 0 Å². The normalized spacial score (nSPS) is 19.7. The lowest BCUT2D eigenvalue weighted by atomic mass is 9.95. The van der Waals surface area contributed by atoms with Gasteiger partial charge in [-0.3, -0.25) is 14.5 Å². The number of imide groups is 1. The molecular weight excluding hydrogens is 278 g/mol. The van der Waals surface area contributed by atoms with E-state index in [0.29, 0.717) is 18.0 Å². The summed E-state index contributed by atoms with van der Waals surface area (Å²) in [7, 11) is 0. The molecule has 0 unspecified atom stereocenters. The van der Waals surface area contributed by atoms with Crippen LogP contribution in [-0.4, -0.2) is 36.5 Å². The van der Waals surface area contributed by atoms with Crippen LogP contribution in [0.1, 0.15) is 29.5 Å². The smallest absolute Gasteiger partial charge is 0.261 e. The zero-order valence-electron chi connectivity index (χ0n) is 13.1. The number of rotatable bonds is 3. The molecule has 2 aliphatic rings. The van der Waals surface area contributed by atoms with Gasteiger partial charge in [-0.2, -0.15) is 0 Å². The zero-order chi connectivity index (χ0) is 15.7. The van der Waals surface area contributed by atoms with E-state index in [2.05, 4.69) is 0 Å². The van der Waals surface area contributed by atoms with Gasteiger partial charge in [0.15, 0.2) is 0 Å². The third-order valence-electron chi connectivity index (χ3n) is 4.54. The van der Waals surface area contributed by atoms with Gasteiger partial charge in [-0.1, -0.05) is 18.2 Å². The molecule has 0 bridgehead atoms. The van der Waals surface area contributed by atoms with Gasteiger partial charge in [-0.15, -0.1) is 0 Å². The first-order valence-electron chi connectivity index (χ1n) is 7.80. The van der Waals surface area contributed by atoms with Gasteiger partial charge < -0.3 is 4.74 Å². The van der Waals surface area contributed by atoms with Crippen molar-refractivity contribution >= 4 is 17.4 Å². The van der Waals surface area contributed by atoms with Gasteiger partial charge in [0, 0.05) is 25.8 Å². The average molecular weight is 299 g/mol. The van der Waals surface area contributed by atoms with Crippen molar-refractivity contribution in [2.24, 2.45) is 5.92 Å². The first kappa shape index (κ1) is 15.0. The summed E-state index contributed by atoms with van der Waals surface area (Å²) < 4.78 is 5.34. The number of carbonyl (C=O) groups is 2. The van der Waals surface area contributed by atoms with E-state index >= 15 is 0 Å². The van der Waals surface area contributed by atoms with Gasteiger partial charge in [0.2, 0.25) is 0 Å². The Bertz CT molecular complexity index is 621. The fourth-order valence-corrected chi connectivity index (χ4v) is 3.29. The number of ether oxygens (including phenoxy) is 1. The quantitative estimate of drug-likeness (QED) is 0.806. The molecule has 0 saturated carbocycles. The second-order valence-corrected chi connectivity index (χ2v) is 6.13. The predicted octanol–water partition coefficient (Wildman–Crippen LogP) is 2.48. The summed E-state index contributed by atoms with van der Waals surface area (Å²) in [4.78, 5) is 26.4. The zero-order valence-corrected chi connectivity index (χ0v) is 13.1. The van der Waals surface area contributed by atoms with Crippen molar-refractivity contribution < 1.29 is 14.3 Å². The average Bonchev–Trinajstić information content (AvgIpc) is 2.76. The van der Waals surface area contributed by atoms with Crippen LogP contribution in [0.2, 0.25) is 0 Å². The summed E-state index contributed by atoms with van der Waals surface area (Å²) in [6.45, 7) is 5.90. The van der Waals surface area contributed by atoms with Crippen molar-refractivity contribution in [2.75, 3.05) is 19.8 Å². The SMILES string of the molecule is Cc1cccc(C)c1C1=CC(=O)N(CC2CCOCC2)C1=O. The number of amides is 2. The van der Waals surface area contributed by atoms with E-state index in [-0.39, 0.29) is 11.8 Å². The van der Waals surface area contributed by atoms with Gasteiger partial charge in [-0.05, 0) is 49.3 Å². The van der Waals surface area contributed by atoms with Crippen molar-refractivity contribution in [3.05, 3.63) is 41.0 Å². The Morgan fingerprint density at radius 2 is 1.77 bits per heavy atom. The number of aryl methyl sites for hydroxylation is 2. The number of nitrogens with zero attached hydrogens (tertiary/aromatic N) is 1. The molecule has 0 radical (unpaired) electrons. The summed E-state index contributed by atoms with van der Waals surface area (Å²) in [5.74, 6) is 0.00963. The first-order chi connectivity index (χ1) is 10.6. The minimum atomic E-state index is -0.186. The molecular formula is C18H21NO3. The molecule has 4 heteroatoms. The number of benzene rings is 1. The maximum atomic E-state index is 12.7. The summed E-state index contributed by atoms with van der Waals surface area (Å²) in [5, 5.41) is 0. The summed E-state index contributed by atoms with van der Waals surface area (Å²) in [6, 6.07) is 5.92. The van der Waals surface area contributed by atoms with Gasteiger partial charge >= 0.3 is 0 Å². The van der Waals surface area contributed by atoms with Crippen LogP contribution in [-0.2, 0) is 14.3 Å². The molecule has 2 aliphatic heterocycles. The molecule has 22 heavy (non-hydrogen) atoms. The third kappa shape index (κ3) is 2.71. The topological polar surface area (TPSA) is 46.6 Å². The van der Waals surface area contributed by atoms with Crippen LogP contribution >= 0.6 is 0 Å². The van der Waals surface area contributed by atoms with Crippen LogP contribution in [0.3, 0.4) is 0 Å². The van der Waals surface area contributed by atoms with Crippen LogP contribution in [0.15, 0.2) is 24.3 Å². The predicted molar refractivity (Wildman–Crippen MR) is 84.2 cm³/mol. The maximum absolute atomic E-state index is 12.7. The van der Waals surface area contributed by atoms with Crippen LogP contribution in [0, 0.1) is 19.8 Å². The Morgan fingerprint density at radius 3 is 2.41 bits per heavy atom. The van der Waals surface area contributed by atoms with Gasteiger partial charge in [0.05, 0.1) is 5.57 Å². The summed E-state index contributed by atoms with van der Waals surface area (Å²) in [5.41, 5.74) is 3.49. The third-order valence-corrected chi connectivity index (χ3v) is 4.54. The molecule has 3 rings (SSSR count). The molecule has 1 saturated heterocycles. The molecule has 0 spiro atoms. The Morgan fingerprint density at radius 1 is 1.14 bits per heavy atom. The lowest BCUT2D eigenvalue weighted by Crippen LogP contribution is -2.37. The van der Waals surface area contributed by atoms with Gasteiger partial charge in [0.1, 0.15) is 0 Å². The van der Waals surface area contributed by atoms with Crippen LogP contribution in [0.5, 0.6) is 0 Å². The highest BCUT2D eigenvalue weighted by atomic mass is 16.5. The molecule has 2 heterocycles. The number of hydrogen-bond acceptors (Lipinski definition) is 3. The molecule has 0 N–H and O–H groups in total. The molecule has 0 atom stereocenters. The monoisotopic (exact) mass is 299 g/mol. The van der Waals surface area contributed by atoms with Crippen LogP contribution < -0.4 is 0 Å². The van der Waals surface area contributed by atoms with Crippen molar-refractivity contribution in [3.8, 4) is 0 Å². The molecule has 4 nitrogen and oxygen atoms in total. The summed E-state index contributed by atoms with van der Waals surface area (Å²) >= 11 is 0. The Labute approximate surface area is 130 Å². The lowest BCUT2D eigenvalue weighted by Gasteiger charge is -2.26. The second-order valence-electron chi connectivity index (χ2n) is 6.13. The van der Waals surface area contributed by atoms with Crippen LogP contribution in [0.25, 0.3) is 5.57 Å². The number of carbonyl (C=O) groups excluding carboxylic acids is 2. The minimum absolute atomic E-state index is 0.158. The second kappa shape index (κ2) is 6.05. The molecule has 2 amide bonds. The van der Waals surface area contributed by atoms with E-state index in [1.54, 1.807) is 0 Å². The lowest BCUT2D eigenvalue weighted by molar-refractivity contribution is -0.137. The summed E-state index contributed by atoms with van der Waals surface area (Å²) in [6.07, 6.45) is 3.32. The molecule has 0 aliphatic carbocycles. The fraction of sp³-hybridized carbons (Fsp3) is 0.444. The van der Waals surface area contributed by atoms with E-state index in [1.807, 2.05) is 32.0 Å². The Hall–Kier alpha value is -1.94. The van der Waals surface area contributed by atoms with E-state index in [4.69, 9.17) is 4.74 Å². The molecule has 0 aromatic heterocycles. The van der Waals surface area contributed by atoms with Crippen molar-refractivity contribution in [1.29, 1.82) is 0 Å². The minimum Gasteiger partial charge on any atom is -0.381 e. The maximum Gasteiger partial charge on any atom is 0.261 e. The molecule has 1 aromatic carbocycles.